The molecule has 39 heavy (non-hydrogen) atoms. The van der Waals surface area contributed by atoms with Gasteiger partial charge in [0.1, 0.15) is 23.9 Å². The summed E-state index contributed by atoms with van der Waals surface area (Å²) < 4.78 is 0. The number of hydrogen-bond donors (Lipinski definition) is 9. The van der Waals surface area contributed by atoms with E-state index in [1.165, 1.54) is 24.3 Å². The summed E-state index contributed by atoms with van der Waals surface area (Å²) in [5.41, 5.74) is 22.5. The molecule has 1 rings (SSSR count). The summed E-state index contributed by atoms with van der Waals surface area (Å²) in [4.78, 5) is 61.7. The topological polar surface area (TPSA) is 266 Å². The highest BCUT2D eigenvalue weighted by Crippen LogP contribution is 2.12. The molecule has 14 nitrogen and oxygen atoms in total. The maximum absolute atomic E-state index is 13.2. The highest BCUT2D eigenvalue weighted by atomic mass is 16.4. The number of primary amides is 1. The maximum atomic E-state index is 13.2. The van der Waals surface area contributed by atoms with E-state index in [1.807, 2.05) is 0 Å². The number of carboxylic acids is 1. The molecular formula is C25H41N7O7. The average Bonchev–Trinajstić information content (AvgIpc) is 2.87. The molecule has 0 saturated heterocycles. The largest absolute Gasteiger partial charge is 0.508 e. The Morgan fingerprint density at radius 3 is 1.64 bits per heavy atom. The van der Waals surface area contributed by atoms with Gasteiger partial charge in [0.05, 0.1) is 12.5 Å². The summed E-state index contributed by atoms with van der Waals surface area (Å²) >= 11 is 0. The van der Waals surface area contributed by atoms with Crippen LogP contribution in [0, 0.1) is 0 Å². The minimum Gasteiger partial charge on any atom is -0.508 e. The molecule has 0 saturated carbocycles. The second-order valence-corrected chi connectivity index (χ2v) is 9.24. The van der Waals surface area contributed by atoms with Crippen molar-refractivity contribution >= 4 is 29.6 Å². The number of aromatic hydroxyl groups is 1. The van der Waals surface area contributed by atoms with E-state index in [0.29, 0.717) is 44.3 Å². The number of aliphatic carboxylic acids is 1. The number of unbranched alkanes of at least 4 members (excludes halogenated alkanes) is 2. The normalized spacial score (nSPS) is 13.9. The lowest BCUT2D eigenvalue weighted by atomic mass is 10.0. The van der Waals surface area contributed by atoms with E-state index in [0.717, 1.165) is 0 Å². The number of carbonyl (C=O) groups excluding carboxylic acids is 4. The summed E-state index contributed by atoms with van der Waals surface area (Å²) in [6.45, 7) is 0.724. The van der Waals surface area contributed by atoms with Gasteiger partial charge in [-0.25, -0.2) is 4.79 Å². The van der Waals surface area contributed by atoms with Crippen LogP contribution in [0.1, 0.15) is 50.5 Å². The molecule has 0 aromatic heterocycles. The third-order valence-corrected chi connectivity index (χ3v) is 5.91. The van der Waals surface area contributed by atoms with Gasteiger partial charge in [-0.2, -0.15) is 0 Å². The highest BCUT2D eigenvalue weighted by Gasteiger charge is 2.30. The Bertz CT molecular complexity index is 959. The van der Waals surface area contributed by atoms with Gasteiger partial charge in [-0.05, 0) is 69.3 Å². The summed E-state index contributed by atoms with van der Waals surface area (Å²) in [5, 5.41) is 26.7. The van der Waals surface area contributed by atoms with E-state index in [2.05, 4.69) is 16.0 Å². The Hall–Kier alpha value is -3.75. The number of nitrogens with two attached hydrogens (primary N) is 4. The average molecular weight is 552 g/mol. The van der Waals surface area contributed by atoms with Gasteiger partial charge in [0.2, 0.25) is 23.6 Å². The maximum Gasteiger partial charge on any atom is 0.326 e. The van der Waals surface area contributed by atoms with Crippen LogP contribution in [0.15, 0.2) is 24.3 Å². The van der Waals surface area contributed by atoms with E-state index in [1.54, 1.807) is 0 Å². The summed E-state index contributed by atoms with van der Waals surface area (Å²) in [6.07, 6.45) is 1.98. The summed E-state index contributed by atoms with van der Waals surface area (Å²) in [5.74, 6) is -4.20. The van der Waals surface area contributed by atoms with Crippen LogP contribution in [-0.4, -0.2) is 77.1 Å². The summed E-state index contributed by atoms with van der Waals surface area (Å²) in [7, 11) is 0. The molecule has 1 aromatic carbocycles. The second-order valence-electron chi connectivity index (χ2n) is 9.24. The lowest BCUT2D eigenvalue weighted by Crippen LogP contribution is -2.57. The van der Waals surface area contributed by atoms with Gasteiger partial charge in [-0.1, -0.05) is 12.1 Å². The van der Waals surface area contributed by atoms with Crippen molar-refractivity contribution in [3.63, 3.8) is 0 Å². The fourth-order valence-electron chi connectivity index (χ4n) is 3.72. The number of hydrogen-bond acceptors (Lipinski definition) is 9. The molecule has 1 aromatic rings. The molecule has 0 aliphatic heterocycles. The number of amides is 4. The number of carbonyl (C=O) groups is 5. The zero-order valence-corrected chi connectivity index (χ0v) is 21.9. The molecule has 0 aliphatic carbocycles. The number of phenols is 1. The Morgan fingerprint density at radius 2 is 1.21 bits per heavy atom. The molecule has 218 valence electrons. The molecule has 4 atom stereocenters. The fraction of sp³-hybridized carbons (Fsp3) is 0.560. The first kappa shape index (κ1) is 33.3. The van der Waals surface area contributed by atoms with Crippen LogP contribution in [-0.2, 0) is 30.4 Å². The SMILES string of the molecule is NCCCC[C@H](NC(=O)[C@H](CCCCN)NC(=O)[C@@H](N)CC(N)=O)C(=O)N[C@@H](Cc1ccc(O)cc1)C(=O)O. The first-order valence-corrected chi connectivity index (χ1v) is 12.8. The minimum atomic E-state index is -1.30. The Balaban J connectivity index is 3.03. The van der Waals surface area contributed by atoms with Crippen LogP contribution in [0.2, 0.25) is 0 Å². The molecular weight excluding hydrogens is 510 g/mol. The Kier molecular flexibility index (Phi) is 15.1. The highest BCUT2D eigenvalue weighted by molar-refractivity contribution is 5.95. The standard InChI is InChI=1S/C25H41N7O7/c26-11-3-1-5-18(30-22(35)17(28)14-21(29)34)23(36)31-19(6-2-4-12-27)24(37)32-20(25(38)39)13-15-7-9-16(33)10-8-15/h7-10,17-20,33H,1-6,11-14,26-28H2,(H2,29,34)(H,30,35)(H,31,36)(H,32,37)(H,38,39)/t17-,18-,19-,20-/m0/s1. The zero-order chi connectivity index (χ0) is 29.4. The quantitative estimate of drug-likeness (QED) is 0.0848. The molecule has 0 radical (unpaired) electrons. The van der Waals surface area contributed by atoms with Crippen molar-refractivity contribution < 1.29 is 34.2 Å². The first-order valence-electron chi connectivity index (χ1n) is 12.8. The van der Waals surface area contributed by atoms with Crippen LogP contribution >= 0.6 is 0 Å². The Morgan fingerprint density at radius 1 is 0.744 bits per heavy atom. The predicted octanol–water partition coefficient (Wildman–Crippen LogP) is -2.07. The molecule has 4 amide bonds. The molecule has 0 unspecified atom stereocenters. The first-order chi connectivity index (χ1) is 18.5. The number of phenolic OH excluding ortho intramolecular Hbond substituents is 1. The minimum absolute atomic E-state index is 0.0148. The molecule has 13 N–H and O–H groups in total. The van der Waals surface area contributed by atoms with Crippen LogP contribution in [0.3, 0.4) is 0 Å². The number of benzene rings is 1. The Labute approximate surface area is 227 Å². The van der Waals surface area contributed by atoms with Crippen molar-refractivity contribution in [2.75, 3.05) is 13.1 Å². The van der Waals surface area contributed by atoms with Crippen molar-refractivity contribution in [3.05, 3.63) is 29.8 Å². The second kappa shape index (κ2) is 17.7. The molecule has 0 fully saturated rings. The van der Waals surface area contributed by atoms with Crippen molar-refractivity contribution in [2.24, 2.45) is 22.9 Å². The van der Waals surface area contributed by atoms with E-state index >= 15 is 0 Å². The molecule has 0 aliphatic rings. The van der Waals surface area contributed by atoms with Crippen molar-refractivity contribution in [1.29, 1.82) is 0 Å². The lowest BCUT2D eigenvalue weighted by molar-refractivity contribution is -0.142. The van der Waals surface area contributed by atoms with Gasteiger partial charge < -0.3 is 49.1 Å². The van der Waals surface area contributed by atoms with Gasteiger partial charge in [0.15, 0.2) is 0 Å². The number of carboxylic acid groups (broad SMARTS) is 1. The van der Waals surface area contributed by atoms with E-state index in [9.17, 15) is 34.2 Å². The summed E-state index contributed by atoms with van der Waals surface area (Å²) in [6, 6.07) is 1.13. The molecule has 0 bridgehead atoms. The van der Waals surface area contributed by atoms with Gasteiger partial charge >= 0.3 is 5.97 Å². The van der Waals surface area contributed by atoms with Crippen LogP contribution < -0.4 is 38.9 Å². The van der Waals surface area contributed by atoms with Gasteiger partial charge in [-0.15, -0.1) is 0 Å². The van der Waals surface area contributed by atoms with Gasteiger partial charge in [0.25, 0.3) is 0 Å². The van der Waals surface area contributed by atoms with Crippen molar-refractivity contribution in [2.45, 2.75) is 75.5 Å². The molecule has 14 heteroatoms. The number of rotatable bonds is 19. The molecule has 0 heterocycles. The van der Waals surface area contributed by atoms with Crippen molar-refractivity contribution in [1.82, 2.24) is 16.0 Å². The van der Waals surface area contributed by atoms with Crippen LogP contribution in [0.25, 0.3) is 0 Å². The van der Waals surface area contributed by atoms with Crippen molar-refractivity contribution in [3.8, 4) is 5.75 Å². The monoisotopic (exact) mass is 551 g/mol. The third kappa shape index (κ3) is 13.0. The molecule has 0 spiro atoms. The fourth-order valence-corrected chi connectivity index (χ4v) is 3.72. The smallest absolute Gasteiger partial charge is 0.326 e. The predicted molar refractivity (Wildman–Crippen MR) is 143 cm³/mol. The zero-order valence-electron chi connectivity index (χ0n) is 21.9. The van der Waals surface area contributed by atoms with Crippen LogP contribution in [0.5, 0.6) is 5.75 Å². The van der Waals surface area contributed by atoms with Gasteiger partial charge in [0, 0.05) is 6.42 Å². The lowest BCUT2D eigenvalue weighted by Gasteiger charge is -2.25. The van der Waals surface area contributed by atoms with E-state index < -0.39 is 60.2 Å². The number of nitrogens with one attached hydrogen (secondary N) is 3. The van der Waals surface area contributed by atoms with Gasteiger partial charge in [-0.3, -0.25) is 19.2 Å². The van der Waals surface area contributed by atoms with E-state index in [-0.39, 0.29) is 25.0 Å². The third-order valence-electron chi connectivity index (χ3n) is 5.91. The van der Waals surface area contributed by atoms with E-state index in [4.69, 9.17) is 22.9 Å². The van der Waals surface area contributed by atoms with Crippen LogP contribution in [0.4, 0.5) is 0 Å².